The Bertz CT molecular complexity index is 1160. The molecule has 8 heteroatoms. The maximum atomic E-state index is 12.3. The third kappa shape index (κ3) is 4.03. The lowest BCUT2D eigenvalue weighted by Gasteiger charge is -2.06. The van der Waals surface area contributed by atoms with Crippen LogP contribution >= 0.6 is 11.6 Å². The first-order chi connectivity index (χ1) is 14.7. The van der Waals surface area contributed by atoms with Gasteiger partial charge in [-0.2, -0.15) is 5.10 Å². The third-order valence-corrected chi connectivity index (χ3v) is 4.98. The topological polar surface area (TPSA) is 81.9 Å². The number of amides is 1. The Morgan fingerprint density at radius 1 is 1.00 bits per heavy atom. The van der Waals surface area contributed by atoms with Gasteiger partial charge in [0.25, 0.3) is 0 Å². The highest BCUT2D eigenvalue weighted by Gasteiger charge is 2.21. The Kier molecular flexibility index (Phi) is 6.02. The SMILES string of the molecule is COCCNC(=O)Cn1nc(-c2ccccc2)c2c(Cl)c(-c3ccccc3)nnc21. The highest BCUT2D eigenvalue weighted by atomic mass is 35.5. The van der Waals surface area contributed by atoms with Crippen molar-refractivity contribution in [1.29, 1.82) is 0 Å². The van der Waals surface area contributed by atoms with E-state index in [0.29, 0.717) is 40.6 Å². The second-order valence-electron chi connectivity index (χ2n) is 6.64. The van der Waals surface area contributed by atoms with Crippen LogP contribution in [-0.4, -0.2) is 46.1 Å². The molecule has 0 saturated heterocycles. The number of methoxy groups -OCH3 is 1. The van der Waals surface area contributed by atoms with Crippen molar-refractivity contribution < 1.29 is 9.53 Å². The van der Waals surface area contributed by atoms with Gasteiger partial charge in [0.15, 0.2) is 5.65 Å². The largest absolute Gasteiger partial charge is 0.383 e. The molecule has 0 bridgehead atoms. The zero-order valence-electron chi connectivity index (χ0n) is 16.4. The van der Waals surface area contributed by atoms with Crippen molar-refractivity contribution in [2.45, 2.75) is 6.54 Å². The molecular formula is C22H20ClN5O2. The van der Waals surface area contributed by atoms with Crippen molar-refractivity contribution in [3.05, 3.63) is 65.7 Å². The van der Waals surface area contributed by atoms with Crippen molar-refractivity contribution in [3.63, 3.8) is 0 Å². The Morgan fingerprint density at radius 3 is 2.27 bits per heavy atom. The summed E-state index contributed by atoms with van der Waals surface area (Å²) in [5, 5.41) is 17.3. The van der Waals surface area contributed by atoms with Crippen LogP contribution in [0.3, 0.4) is 0 Å². The number of rotatable bonds is 7. The molecule has 1 N–H and O–H groups in total. The number of ether oxygens (including phenoxy) is 1. The number of carbonyl (C=O) groups is 1. The van der Waals surface area contributed by atoms with Crippen LogP contribution in [-0.2, 0) is 16.1 Å². The molecule has 0 fully saturated rings. The molecule has 1 amide bonds. The second kappa shape index (κ2) is 9.02. The molecule has 0 spiro atoms. The number of benzene rings is 2. The molecule has 2 aromatic carbocycles. The zero-order chi connectivity index (χ0) is 20.9. The molecule has 152 valence electrons. The highest BCUT2D eigenvalue weighted by Crippen LogP contribution is 2.37. The van der Waals surface area contributed by atoms with E-state index < -0.39 is 0 Å². The number of aromatic nitrogens is 4. The van der Waals surface area contributed by atoms with E-state index in [9.17, 15) is 4.79 Å². The summed E-state index contributed by atoms with van der Waals surface area (Å²) < 4.78 is 6.50. The molecule has 7 nitrogen and oxygen atoms in total. The Morgan fingerprint density at radius 2 is 1.63 bits per heavy atom. The molecule has 4 rings (SSSR count). The molecule has 0 aliphatic carbocycles. The average Bonchev–Trinajstić information content (AvgIpc) is 3.14. The molecule has 0 saturated carbocycles. The number of nitrogens with one attached hydrogen (secondary N) is 1. The van der Waals surface area contributed by atoms with Crippen molar-refractivity contribution in [2.24, 2.45) is 0 Å². The van der Waals surface area contributed by atoms with Gasteiger partial charge in [-0.3, -0.25) is 4.79 Å². The summed E-state index contributed by atoms with van der Waals surface area (Å²) in [5.74, 6) is -0.193. The monoisotopic (exact) mass is 421 g/mol. The van der Waals surface area contributed by atoms with Crippen LogP contribution in [0.25, 0.3) is 33.5 Å². The average molecular weight is 422 g/mol. The minimum absolute atomic E-state index is 0.00272. The number of fused-ring (bicyclic) bond motifs is 1. The molecular weight excluding hydrogens is 402 g/mol. The minimum Gasteiger partial charge on any atom is -0.383 e. The summed E-state index contributed by atoms with van der Waals surface area (Å²) in [5.41, 5.74) is 3.44. The van der Waals surface area contributed by atoms with Gasteiger partial charge in [0, 0.05) is 24.8 Å². The van der Waals surface area contributed by atoms with Crippen LogP contribution in [0.1, 0.15) is 0 Å². The van der Waals surface area contributed by atoms with Crippen molar-refractivity contribution >= 4 is 28.5 Å². The quantitative estimate of drug-likeness (QED) is 0.461. The first kappa shape index (κ1) is 20.0. The Labute approximate surface area is 178 Å². The molecule has 30 heavy (non-hydrogen) atoms. The van der Waals surface area contributed by atoms with Crippen LogP contribution in [0.15, 0.2) is 60.7 Å². The lowest BCUT2D eigenvalue weighted by Crippen LogP contribution is -2.30. The number of nitrogens with zero attached hydrogens (tertiary/aromatic N) is 4. The molecule has 0 unspecified atom stereocenters. The molecule has 2 aromatic heterocycles. The predicted molar refractivity (Wildman–Crippen MR) is 116 cm³/mol. The van der Waals surface area contributed by atoms with Crippen molar-refractivity contribution in [1.82, 2.24) is 25.3 Å². The normalized spacial score (nSPS) is 11.0. The van der Waals surface area contributed by atoms with Gasteiger partial charge in [0.05, 0.1) is 17.0 Å². The molecule has 4 aromatic rings. The summed E-state index contributed by atoms with van der Waals surface area (Å²) in [6.45, 7) is 0.861. The van der Waals surface area contributed by atoms with Crippen LogP contribution in [0.4, 0.5) is 0 Å². The third-order valence-electron chi connectivity index (χ3n) is 4.61. The fourth-order valence-electron chi connectivity index (χ4n) is 3.19. The van der Waals surface area contributed by atoms with Gasteiger partial charge in [0.1, 0.15) is 17.9 Å². The summed E-state index contributed by atoms with van der Waals surface area (Å²) in [6.07, 6.45) is 0. The number of halogens is 1. The van der Waals surface area contributed by atoms with Gasteiger partial charge in [-0.1, -0.05) is 72.3 Å². The number of hydrogen-bond acceptors (Lipinski definition) is 5. The van der Waals surface area contributed by atoms with Crippen molar-refractivity contribution in [3.8, 4) is 22.5 Å². The molecule has 2 heterocycles. The smallest absolute Gasteiger partial charge is 0.241 e. The fraction of sp³-hybridized carbons (Fsp3) is 0.182. The highest BCUT2D eigenvalue weighted by molar-refractivity contribution is 6.38. The maximum Gasteiger partial charge on any atom is 0.241 e. The fourth-order valence-corrected chi connectivity index (χ4v) is 3.51. The van der Waals surface area contributed by atoms with E-state index in [1.54, 1.807) is 7.11 Å². The van der Waals surface area contributed by atoms with Gasteiger partial charge in [-0.05, 0) is 0 Å². The van der Waals surface area contributed by atoms with E-state index in [-0.39, 0.29) is 12.5 Å². The first-order valence-corrected chi connectivity index (χ1v) is 9.86. The summed E-state index contributed by atoms with van der Waals surface area (Å²) in [6, 6.07) is 19.3. The predicted octanol–water partition coefficient (Wildman–Crippen LogP) is 3.58. The van der Waals surface area contributed by atoms with Crippen LogP contribution < -0.4 is 5.32 Å². The minimum atomic E-state index is -0.193. The van der Waals surface area contributed by atoms with E-state index in [0.717, 1.165) is 11.1 Å². The van der Waals surface area contributed by atoms with Crippen LogP contribution in [0.2, 0.25) is 5.02 Å². The van der Waals surface area contributed by atoms with E-state index in [1.165, 1.54) is 4.68 Å². The molecule has 0 aliphatic heterocycles. The van der Waals surface area contributed by atoms with Gasteiger partial charge in [0.2, 0.25) is 5.91 Å². The first-order valence-electron chi connectivity index (χ1n) is 9.48. The summed E-state index contributed by atoms with van der Waals surface area (Å²) >= 11 is 6.81. The Balaban J connectivity index is 1.82. The van der Waals surface area contributed by atoms with Gasteiger partial charge in [-0.25, -0.2) is 4.68 Å². The zero-order valence-corrected chi connectivity index (χ0v) is 17.1. The van der Waals surface area contributed by atoms with E-state index >= 15 is 0 Å². The molecule has 0 aliphatic rings. The number of carbonyl (C=O) groups excluding carboxylic acids is 1. The van der Waals surface area contributed by atoms with Gasteiger partial charge in [-0.15, -0.1) is 10.2 Å². The van der Waals surface area contributed by atoms with Crippen LogP contribution in [0, 0.1) is 0 Å². The molecule has 0 radical (unpaired) electrons. The Hall–Kier alpha value is -3.29. The van der Waals surface area contributed by atoms with Crippen LogP contribution in [0.5, 0.6) is 0 Å². The molecule has 0 atom stereocenters. The van der Waals surface area contributed by atoms with Gasteiger partial charge >= 0.3 is 0 Å². The van der Waals surface area contributed by atoms with E-state index in [2.05, 4.69) is 20.6 Å². The second-order valence-corrected chi connectivity index (χ2v) is 7.02. The standard InChI is InChI=1S/C22H20ClN5O2/c1-30-13-12-24-17(29)14-28-22-18(20(27-28)15-8-4-2-5-9-15)19(23)21(25-26-22)16-10-6-3-7-11-16/h2-11H,12-14H2,1H3,(H,24,29). The maximum absolute atomic E-state index is 12.3. The van der Waals surface area contributed by atoms with E-state index in [4.69, 9.17) is 16.3 Å². The van der Waals surface area contributed by atoms with E-state index in [1.807, 2.05) is 60.7 Å². The summed E-state index contributed by atoms with van der Waals surface area (Å²) in [7, 11) is 1.58. The number of hydrogen-bond donors (Lipinski definition) is 1. The lowest BCUT2D eigenvalue weighted by atomic mass is 10.1. The van der Waals surface area contributed by atoms with Gasteiger partial charge < -0.3 is 10.1 Å². The van der Waals surface area contributed by atoms with Crippen molar-refractivity contribution in [2.75, 3.05) is 20.3 Å². The lowest BCUT2D eigenvalue weighted by molar-refractivity contribution is -0.121. The summed E-state index contributed by atoms with van der Waals surface area (Å²) in [4.78, 5) is 12.3.